The molecule has 0 aliphatic carbocycles. The summed E-state index contributed by atoms with van der Waals surface area (Å²) in [5, 5.41) is 3.12. The van der Waals surface area contributed by atoms with E-state index in [9.17, 15) is 4.79 Å². The molecule has 1 aromatic carbocycles. The van der Waals surface area contributed by atoms with Gasteiger partial charge in [-0.1, -0.05) is 12.1 Å². The largest absolute Gasteiger partial charge is 0.464 e. The lowest BCUT2D eigenvalue weighted by Gasteiger charge is -2.16. The van der Waals surface area contributed by atoms with Gasteiger partial charge in [0.15, 0.2) is 0 Å². The minimum Gasteiger partial charge on any atom is -0.464 e. The van der Waals surface area contributed by atoms with Gasteiger partial charge in [0.1, 0.15) is 6.04 Å². The normalized spacial score (nSPS) is 13.8. The van der Waals surface area contributed by atoms with Crippen molar-refractivity contribution in [2.45, 2.75) is 32.9 Å². The van der Waals surface area contributed by atoms with Crippen molar-refractivity contribution in [3.8, 4) is 0 Å². The van der Waals surface area contributed by atoms with Crippen LogP contribution < -0.4 is 5.32 Å². The molecule has 2 atom stereocenters. The van der Waals surface area contributed by atoms with Crippen LogP contribution in [0.15, 0.2) is 24.3 Å². The summed E-state index contributed by atoms with van der Waals surface area (Å²) in [5.74, 6) is -0.248. The molecule has 0 saturated carbocycles. The lowest BCUT2D eigenvalue weighted by molar-refractivity contribution is -0.143. The van der Waals surface area contributed by atoms with Crippen LogP contribution in [0.4, 0.5) is 5.69 Å². The number of carbonyl (C=O) groups excluding carboxylic acids is 1. The van der Waals surface area contributed by atoms with Crippen molar-refractivity contribution in [2.75, 3.05) is 19.0 Å². The predicted molar refractivity (Wildman–Crippen MR) is 71.6 cm³/mol. The van der Waals surface area contributed by atoms with Crippen molar-refractivity contribution < 1.29 is 14.3 Å². The van der Waals surface area contributed by atoms with E-state index >= 15 is 0 Å². The number of hydrogen-bond donors (Lipinski definition) is 1. The van der Waals surface area contributed by atoms with Gasteiger partial charge in [-0.3, -0.25) is 0 Å². The van der Waals surface area contributed by atoms with Gasteiger partial charge in [-0.15, -0.1) is 0 Å². The van der Waals surface area contributed by atoms with Gasteiger partial charge in [-0.05, 0) is 38.5 Å². The molecule has 0 unspecified atom stereocenters. The number of ether oxygens (including phenoxy) is 2. The van der Waals surface area contributed by atoms with Gasteiger partial charge in [-0.2, -0.15) is 0 Å². The molecule has 0 fully saturated rings. The maximum atomic E-state index is 11.5. The second-order valence-corrected chi connectivity index (χ2v) is 4.12. The van der Waals surface area contributed by atoms with E-state index in [0.717, 1.165) is 11.3 Å². The lowest BCUT2D eigenvalue weighted by atomic mass is 10.1. The molecule has 18 heavy (non-hydrogen) atoms. The van der Waals surface area contributed by atoms with Crippen LogP contribution in [0.25, 0.3) is 0 Å². The summed E-state index contributed by atoms with van der Waals surface area (Å²) >= 11 is 0. The summed E-state index contributed by atoms with van der Waals surface area (Å²) in [6, 6.07) is 7.46. The van der Waals surface area contributed by atoms with Gasteiger partial charge >= 0.3 is 5.97 Å². The highest BCUT2D eigenvalue weighted by Crippen LogP contribution is 2.20. The molecular formula is C14H21NO3. The fraction of sp³-hybridized carbons (Fsp3) is 0.500. The van der Waals surface area contributed by atoms with E-state index < -0.39 is 0 Å². The molecule has 0 radical (unpaired) electrons. The van der Waals surface area contributed by atoms with E-state index in [1.165, 1.54) is 0 Å². The molecule has 4 heteroatoms. The second kappa shape index (κ2) is 7.01. The number of hydrogen-bond acceptors (Lipinski definition) is 4. The number of nitrogens with one attached hydrogen (secondary N) is 1. The molecule has 0 saturated heterocycles. The summed E-state index contributed by atoms with van der Waals surface area (Å²) in [6.45, 7) is 5.95. The van der Waals surface area contributed by atoms with Crippen LogP contribution >= 0.6 is 0 Å². The molecule has 0 aliphatic rings. The highest BCUT2D eigenvalue weighted by molar-refractivity contribution is 5.78. The van der Waals surface area contributed by atoms with Crippen LogP contribution in [0, 0.1) is 0 Å². The third-order valence-corrected chi connectivity index (χ3v) is 2.73. The van der Waals surface area contributed by atoms with Crippen molar-refractivity contribution >= 4 is 11.7 Å². The molecule has 0 spiro atoms. The van der Waals surface area contributed by atoms with Gasteiger partial charge in [0.05, 0.1) is 12.7 Å². The monoisotopic (exact) mass is 251 g/mol. The number of anilines is 1. The molecule has 0 aliphatic heterocycles. The molecule has 4 nitrogen and oxygen atoms in total. The van der Waals surface area contributed by atoms with Gasteiger partial charge < -0.3 is 14.8 Å². The summed E-state index contributed by atoms with van der Waals surface area (Å²) in [6.07, 6.45) is 0.0321. The Morgan fingerprint density at radius 2 is 2.11 bits per heavy atom. The van der Waals surface area contributed by atoms with Crippen LogP contribution in [0.2, 0.25) is 0 Å². The molecule has 0 amide bonds. The van der Waals surface area contributed by atoms with Crippen LogP contribution in [0.3, 0.4) is 0 Å². The molecule has 100 valence electrons. The van der Waals surface area contributed by atoms with Gasteiger partial charge in [0.2, 0.25) is 0 Å². The molecule has 1 rings (SSSR count). The first kappa shape index (κ1) is 14.5. The maximum absolute atomic E-state index is 11.5. The second-order valence-electron chi connectivity index (χ2n) is 4.12. The number of benzene rings is 1. The smallest absolute Gasteiger partial charge is 0.328 e. The summed E-state index contributed by atoms with van der Waals surface area (Å²) in [7, 11) is 1.67. The lowest BCUT2D eigenvalue weighted by Crippen LogP contribution is -2.28. The zero-order valence-electron chi connectivity index (χ0n) is 11.4. The first-order valence-electron chi connectivity index (χ1n) is 6.14. The standard InChI is InChI=1S/C14H21NO3/c1-5-18-14(16)10(2)15-13-8-6-7-12(9-13)11(3)17-4/h6-11,15H,5H2,1-4H3/t10-,11+/m0/s1. The Hall–Kier alpha value is -1.55. The number of esters is 1. The fourth-order valence-corrected chi connectivity index (χ4v) is 1.59. The van der Waals surface area contributed by atoms with Crippen LogP contribution in [-0.4, -0.2) is 25.7 Å². The van der Waals surface area contributed by atoms with Crippen molar-refractivity contribution in [3.63, 3.8) is 0 Å². The SMILES string of the molecule is CCOC(=O)[C@H](C)Nc1cccc([C@@H](C)OC)c1. The van der Waals surface area contributed by atoms with E-state index in [4.69, 9.17) is 9.47 Å². The Morgan fingerprint density at radius 3 is 2.72 bits per heavy atom. The van der Waals surface area contributed by atoms with Crippen molar-refractivity contribution in [2.24, 2.45) is 0 Å². The average molecular weight is 251 g/mol. The first-order chi connectivity index (χ1) is 8.58. The minimum atomic E-state index is -0.363. The Balaban J connectivity index is 2.70. The molecule has 0 heterocycles. The maximum Gasteiger partial charge on any atom is 0.328 e. The highest BCUT2D eigenvalue weighted by atomic mass is 16.5. The van der Waals surface area contributed by atoms with E-state index in [0.29, 0.717) is 6.61 Å². The Labute approximate surface area is 108 Å². The van der Waals surface area contributed by atoms with Crippen molar-refractivity contribution in [1.29, 1.82) is 0 Å². The van der Waals surface area contributed by atoms with Gasteiger partial charge in [-0.25, -0.2) is 4.79 Å². The van der Waals surface area contributed by atoms with E-state index in [1.54, 1.807) is 21.0 Å². The van der Waals surface area contributed by atoms with E-state index in [-0.39, 0.29) is 18.1 Å². The predicted octanol–water partition coefficient (Wildman–Crippen LogP) is 2.76. The zero-order chi connectivity index (χ0) is 13.5. The van der Waals surface area contributed by atoms with Crippen LogP contribution in [0.5, 0.6) is 0 Å². The van der Waals surface area contributed by atoms with Crippen molar-refractivity contribution in [3.05, 3.63) is 29.8 Å². The summed E-state index contributed by atoms with van der Waals surface area (Å²) in [5.41, 5.74) is 1.95. The number of methoxy groups -OCH3 is 1. The average Bonchev–Trinajstić information content (AvgIpc) is 2.38. The first-order valence-corrected chi connectivity index (χ1v) is 6.14. The Morgan fingerprint density at radius 1 is 1.39 bits per heavy atom. The quantitative estimate of drug-likeness (QED) is 0.790. The van der Waals surface area contributed by atoms with Crippen LogP contribution in [-0.2, 0) is 14.3 Å². The van der Waals surface area contributed by atoms with Crippen LogP contribution in [0.1, 0.15) is 32.4 Å². The van der Waals surface area contributed by atoms with Gasteiger partial charge in [0, 0.05) is 12.8 Å². The van der Waals surface area contributed by atoms with E-state index in [2.05, 4.69) is 5.32 Å². The number of rotatable bonds is 6. The summed E-state index contributed by atoms with van der Waals surface area (Å²) < 4.78 is 10.2. The third kappa shape index (κ3) is 4.04. The molecule has 0 bridgehead atoms. The topological polar surface area (TPSA) is 47.6 Å². The molecule has 1 N–H and O–H groups in total. The fourth-order valence-electron chi connectivity index (χ4n) is 1.59. The summed E-state index contributed by atoms with van der Waals surface area (Å²) in [4.78, 5) is 11.5. The van der Waals surface area contributed by atoms with Crippen molar-refractivity contribution in [1.82, 2.24) is 0 Å². The highest BCUT2D eigenvalue weighted by Gasteiger charge is 2.13. The Bertz CT molecular complexity index is 392. The molecule has 1 aromatic rings. The molecular weight excluding hydrogens is 230 g/mol. The third-order valence-electron chi connectivity index (χ3n) is 2.73. The minimum absolute atomic E-state index is 0.0321. The van der Waals surface area contributed by atoms with Gasteiger partial charge in [0.25, 0.3) is 0 Å². The van der Waals surface area contributed by atoms with E-state index in [1.807, 2.05) is 31.2 Å². The number of carbonyl (C=O) groups is 1. The molecule has 0 aromatic heterocycles. The zero-order valence-corrected chi connectivity index (χ0v) is 11.4. The Kier molecular flexibility index (Phi) is 5.65.